The second kappa shape index (κ2) is 7.13. The molecule has 1 aromatic heterocycles. The minimum Gasteiger partial charge on any atom is -0.211 e. The molecule has 3 aromatic rings. The number of thioether (sulfide) groups is 1. The van der Waals surface area contributed by atoms with Gasteiger partial charge in [-0.2, -0.15) is 0 Å². The summed E-state index contributed by atoms with van der Waals surface area (Å²) in [4.78, 5) is 0. The molecule has 1 heterocycles. The fourth-order valence-electron chi connectivity index (χ4n) is 2.01. The Bertz CT molecular complexity index is 856. The summed E-state index contributed by atoms with van der Waals surface area (Å²) in [6.07, 6.45) is 0. The van der Waals surface area contributed by atoms with Gasteiger partial charge < -0.3 is 0 Å². The Morgan fingerprint density at radius 3 is 2.48 bits per heavy atom. The molecule has 2 aromatic carbocycles. The van der Waals surface area contributed by atoms with Gasteiger partial charge in [-0.05, 0) is 61.1 Å². The van der Waals surface area contributed by atoms with E-state index < -0.39 is 0 Å². The van der Waals surface area contributed by atoms with Gasteiger partial charge in [-0.25, -0.2) is 9.07 Å². The van der Waals surface area contributed by atoms with Gasteiger partial charge in [0.15, 0.2) is 8.29 Å². The van der Waals surface area contributed by atoms with E-state index >= 15 is 0 Å². The van der Waals surface area contributed by atoms with Crippen molar-refractivity contribution in [1.29, 1.82) is 0 Å². The van der Waals surface area contributed by atoms with Crippen molar-refractivity contribution in [2.45, 2.75) is 16.5 Å². The molecule has 2 nitrogen and oxygen atoms in total. The number of nitrogens with zero attached hydrogens (tertiary/aromatic N) is 2. The van der Waals surface area contributed by atoms with Crippen LogP contribution in [-0.2, 0) is 0 Å². The molecule has 0 amide bonds. The summed E-state index contributed by atoms with van der Waals surface area (Å²) in [5, 5.41) is 5.41. The Morgan fingerprint density at radius 2 is 1.83 bits per heavy atom. The Balaban J connectivity index is 1.82. The van der Waals surface area contributed by atoms with E-state index in [9.17, 15) is 4.39 Å². The number of benzene rings is 2. The van der Waals surface area contributed by atoms with Crippen LogP contribution in [0.1, 0.15) is 17.7 Å². The highest BCUT2D eigenvalue weighted by Gasteiger charge is 2.12. The average Bonchev–Trinajstić information content (AvgIpc) is 2.89. The number of halogens is 2. The molecule has 1 atom stereocenters. The fourth-order valence-corrected chi connectivity index (χ4v) is 4.77. The van der Waals surface area contributed by atoms with Crippen molar-refractivity contribution in [3.63, 3.8) is 0 Å². The van der Waals surface area contributed by atoms with E-state index in [0.717, 1.165) is 15.6 Å². The van der Waals surface area contributed by atoms with E-state index in [1.807, 2.05) is 24.3 Å². The standard InChI is InChI=1S/C16H12ClFN2S3/c1-10(11-2-6-13(18)7-3-11)22-15-19-20(16(21)23-15)14-8-4-12(17)5-9-14/h2-10H,1H3. The molecule has 0 radical (unpaired) electrons. The maximum absolute atomic E-state index is 13.0. The molecule has 23 heavy (non-hydrogen) atoms. The zero-order chi connectivity index (χ0) is 16.4. The van der Waals surface area contributed by atoms with Crippen molar-refractivity contribution >= 4 is 46.9 Å². The van der Waals surface area contributed by atoms with Crippen molar-refractivity contribution < 1.29 is 4.39 Å². The molecule has 1 unspecified atom stereocenters. The molecule has 0 fully saturated rings. The highest BCUT2D eigenvalue weighted by atomic mass is 35.5. The number of rotatable bonds is 4. The van der Waals surface area contributed by atoms with Crippen LogP contribution in [0.25, 0.3) is 5.69 Å². The monoisotopic (exact) mass is 382 g/mol. The van der Waals surface area contributed by atoms with Gasteiger partial charge in [0.1, 0.15) is 5.82 Å². The van der Waals surface area contributed by atoms with Crippen molar-refractivity contribution in [1.82, 2.24) is 9.78 Å². The van der Waals surface area contributed by atoms with E-state index in [1.165, 1.54) is 23.5 Å². The minimum absolute atomic E-state index is 0.162. The van der Waals surface area contributed by atoms with Gasteiger partial charge in [0, 0.05) is 10.3 Å². The van der Waals surface area contributed by atoms with Crippen LogP contribution in [0.4, 0.5) is 4.39 Å². The zero-order valence-electron chi connectivity index (χ0n) is 12.1. The van der Waals surface area contributed by atoms with E-state index in [0.29, 0.717) is 8.98 Å². The molecule has 0 aliphatic rings. The second-order valence-electron chi connectivity index (χ2n) is 4.83. The third-order valence-electron chi connectivity index (χ3n) is 3.22. The fraction of sp³-hybridized carbons (Fsp3) is 0.125. The lowest BCUT2D eigenvalue weighted by Gasteiger charge is -2.08. The first kappa shape index (κ1) is 16.6. The number of hydrogen-bond donors (Lipinski definition) is 0. The van der Waals surface area contributed by atoms with E-state index in [2.05, 4.69) is 12.0 Å². The van der Waals surface area contributed by atoms with Crippen LogP contribution < -0.4 is 0 Å². The van der Waals surface area contributed by atoms with Gasteiger partial charge >= 0.3 is 0 Å². The van der Waals surface area contributed by atoms with E-state index in [1.54, 1.807) is 28.6 Å². The summed E-state index contributed by atoms with van der Waals surface area (Å²) < 4.78 is 16.3. The maximum atomic E-state index is 13.0. The summed E-state index contributed by atoms with van der Waals surface area (Å²) in [6, 6.07) is 13.9. The van der Waals surface area contributed by atoms with E-state index in [4.69, 9.17) is 23.8 Å². The highest BCUT2D eigenvalue weighted by Crippen LogP contribution is 2.36. The third-order valence-corrected chi connectivity index (χ3v) is 5.94. The molecule has 0 saturated heterocycles. The molecule has 0 saturated carbocycles. The van der Waals surface area contributed by atoms with Gasteiger partial charge in [-0.1, -0.05) is 46.8 Å². The van der Waals surface area contributed by atoms with Crippen LogP contribution in [0.5, 0.6) is 0 Å². The Morgan fingerprint density at radius 1 is 1.17 bits per heavy atom. The molecular formula is C16H12ClFN2S3. The minimum atomic E-state index is -0.228. The average molecular weight is 383 g/mol. The van der Waals surface area contributed by atoms with Crippen LogP contribution in [-0.4, -0.2) is 9.78 Å². The largest absolute Gasteiger partial charge is 0.211 e. The molecule has 0 aliphatic carbocycles. The molecule has 118 valence electrons. The summed E-state index contributed by atoms with van der Waals surface area (Å²) in [6.45, 7) is 2.06. The summed E-state index contributed by atoms with van der Waals surface area (Å²) in [5.41, 5.74) is 1.94. The van der Waals surface area contributed by atoms with Gasteiger partial charge in [-0.3, -0.25) is 0 Å². The number of aromatic nitrogens is 2. The van der Waals surface area contributed by atoms with Crippen LogP contribution in [0.15, 0.2) is 52.9 Å². The first-order valence-corrected chi connectivity index (χ1v) is 9.29. The topological polar surface area (TPSA) is 17.8 Å². The van der Waals surface area contributed by atoms with E-state index in [-0.39, 0.29) is 11.1 Å². The highest BCUT2D eigenvalue weighted by molar-refractivity contribution is 8.01. The number of hydrogen-bond acceptors (Lipinski definition) is 4. The van der Waals surface area contributed by atoms with Crippen molar-refractivity contribution in [3.8, 4) is 5.69 Å². The molecule has 7 heteroatoms. The zero-order valence-corrected chi connectivity index (χ0v) is 15.3. The lowest BCUT2D eigenvalue weighted by atomic mass is 10.2. The lowest BCUT2D eigenvalue weighted by molar-refractivity contribution is 0.627. The van der Waals surface area contributed by atoms with Crippen LogP contribution >= 0.6 is 46.9 Å². The maximum Gasteiger partial charge on any atom is 0.184 e. The Kier molecular flexibility index (Phi) is 5.16. The molecule has 0 spiro atoms. The molecule has 0 N–H and O–H groups in total. The van der Waals surface area contributed by atoms with Crippen LogP contribution in [0.2, 0.25) is 5.02 Å². The second-order valence-corrected chi connectivity index (χ2v) is 8.48. The van der Waals surface area contributed by atoms with Crippen LogP contribution in [0.3, 0.4) is 0 Å². The van der Waals surface area contributed by atoms with Gasteiger partial charge in [0.2, 0.25) is 0 Å². The van der Waals surface area contributed by atoms with Crippen molar-refractivity contribution in [2.24, 2.45) is 0 Å². The first-order valence-electron chi connectivity index (χ1n) is 6.81. The molecule has 0 aliphatic heterocycles. The third kappa shape index (κ3) is 4.01. The van der Waals surface area contributed by atoms with Crippen molar-refractivity contribution in [3.05, 3.63) is 68.9 Å². The predicted octanol–water partition coefficient (Wildman–Crippen LogP) is 6.31. The smallest absolute Gasteiger partial charge is 0.184 e. The molecule has 3 rings (SSSR count). The van der Waals surface area contributed by atoms with Gasteiger partial charge in [-0.15, -0.1) is 5.10 Å². The quantitative estimate of drug-likeness (QED) is 0.389. The summed E-state index contributed by atoms with van der Waals surface area (Å²) in [7, 11) is 0. The molecule has 0 bridgehead atoms. The summed E-state index contributed by atoms with van der Waals surface area (Å²) >= 11 is 14.4. The first-order chi connectivity index (χ1) is 11.0. The molecular weight excluding hydrogens is 371 g/mol. The van der Waals surface area contributed by atoms with Crippen LogP contribution in [0, 0.1) is 9.77 Å². The predicted molar refractivity (Wildman–Crippen MR) is 98.0 cm³/mol. The van der Waals surface area contributed by atoms with Gasteiger partial charge in [0.05, 0.1) is 5.69 Å². The van der Waals surface area contributed by atoms with Crippen molar-refractivity contribution in [2.75, 3.05) is 0 Å². The Hall–Kier alpha value is -1.21. The summed E-state index contributed by atoms with van der Waals surface area (Å²) in [5.74, 6) is -0.228. The van der Waals surface area contributed by atoms with Gasteiger partial charge in [0.25, 0.3) is 0 Å². The Labute approximate surface area is 151 Å². The SMILES string of the molecule is CC(Sc1nn(-c2ccc(Cl)cc2)c(=S)s1)c1ccc(F)cc1. The lowest BCUT2D eigenvalue weighted by Crippen LogP contribution is -1.96. The normalized spacial score (nSPS) is 12.3.